The molecule has 1 saturated heterocycles. The number of likely N-dealkylation sites (tertiary alicyclic amines) is 1. The standard InChI is InChI=1S/C30H39N5OS/c1-17(2)24-25-20(5)27(21-9-11-22(12-10-21)30(36)34-13-7-6-8-14-34)37-29(25)33-26(24)23-15-35-28(31-16-32-35)19(4)18(23)3/h15-17,21-22,33H,6-14H2,1-5H3. The second kappa shape index (κ2) is 9.57. The van der Waals surface area contributed by atoms with Crippen molar-refractivity contribution in [3.8, 4) is 11.3 Å². The van der Waals surface area contributed by atoms with E-state index in [1.807, 2.05) is 15.9 Å². The molecule has 0 bridgehead atoms. The van der Waals surface area contributed by atoms with Gasteiger partial charge in [0.05, 0.1) is 5.69 Å². The fraction of sp³-hybridized carbons (Fsp3) is 0.567. The van der Waals surface area contributed by atoms with E-state index in [0.717, 1.165) is 44.4 Å². The van der Waals surface area contributed by atoms with E-state index in [-0.39, 0.29) is 5.92 Å². The first kappa shape index (κ1) is 24.7. The van der Waals surface area contributed by atoms with Crippen LogP contribution in [0, 0.1) is 26.7 Å². The number of pyridine rings is 1. The van der Waals surface area contributed by atoms with Crippen molar-refractivity contribution >= 4 is 33.1 Å². The van der Waals surface area contributed by atoms with E-state index in [4.69, 9.17) is 0 Å². The number of hydrogen-bond donors (Lipinski definition) is 1. The van der Waals surface area contributed by atoms with Gasteiger partial charge in [-0.15, -0.1) is 11.3 Å². The third-order valence-electron chi connectivity index (χ3n) is 9.05. The Labute approximate surface area is 223 Å². The first-order chi connectivity index (χ1) is 17.8. The highest BCUT2D eigenvalue weighted by Gasteiger charge is 2.33. The quantitative estimate of drug-likeness (QED) is 0.309. The minimum Gasteiger partial charge on any atom is -0.346 e. The van der Waals surface area contributed by atoms with Crippen molar-refractivity contribution in [1.29, 1.82) is 0 Å². The average molecular weight is 518 g/mol. The Hall–Kier alpha value is -2.67. The minimum absolute atomic E-state index is 0.232. The summed E-state index contributed by atoms with van der Waals surface area (Å²) in [6.45, 7) is 13.2. The summed E-state index contributed by atoms with van der Waals surface area (Å²) in [7, 11) is 0. The lowest BCUT2D eigenvalue weighted by Gasteiger charge is -2.34. The van der Waals surface area contributed by atoms with Crippen LogP contribution in [0.1, 0.15) is 97.8 Å². The Kier molecular flexibility index (Phi) is 6.38. The van der Waals surface area contributed by atoms with Crippen molar-refractivity contribution in [1.82, 2.24) is 24.5 Å². The van der Waals surface area contributed by atoms with Crippen LogP contribution in [0.15, 0.2) is 12.5 Å². The maximum Gasteiger partial charge on any atom is 0.225 e. The summed E-state index contributed by atoms with van der Waals surface area (Å²) >= 11 is 1.94. The SMILES string of the molecule is Cc1c(-c2[nH]c3sc(C4CCC(C(=O)N5CCCCC5)CC4)c(C)c3c2C(C)C)cn2ncnc2c1C. The molecule has 5 heterocycles. The average Bonchev–Trinajstić information content (AvgIpc) is 3.61. The molecule has 4 aromatic rings. The van der Waals surface area contributed by atoms with E-state index in [9.17, 15) is 4.79 Å². The molecule has 0 radical (unpaired) electrons. The molecular weight excluding hydrogens is 478 g/mol. The van der Waals surface area contributed by atoms with Gasteiger partial charge in [-0.05, 0) is 99.8 Å². The molecule has 2 aliphatic rings. The van der Waals surface area contributed by atoms with Crippen molar-refractivity contribution in [2.75, 3.05) is 13.1 Å². The van der Waals surface area contributed by atoms with Crippen molar-refractivity contribution < 1.29 is 4.79 Å². The summed E-state index contributed by atoms with van der Waals surface area (Å²) < 4.78 is 1.90. The van der Waals surface area contributed by atoms with Gasteiger partial charge < -0.3 is 9.88 Å². The van der Waals surface area contributed by atoms with Gasteiger partial charge in [0.15, 0.2) is 5.65 Å². The molecule has 1 aliphatic heterocycles. The molecule has 4 aromatic heterocycles. The number of nitrogens with zero attached hydrogens (tertiary/aromatic N) is 4. The number of aromatic nitrogens is 4. The van der Waals surface area contributed by atoms with Gasteiger partial charge in [0.2, 0.25) is 5.91 Å². The van der Waals surface area contributed by atoms with Crippen molar-refractivity contribution in [2.24, 2.45) is 5.92 Å². The molecule has 2 fully saturated rings. The van der Waals surface area contributed by atoms with E-state index >= 15 is 0 Å². The number of aryl methyl sites for hydroxylation is 2. The fourth-order valence-corrected chi connectivity index (χ4v) is 8.25. The van der Waals surface area contributed by atoms with Gasteiger partial charge in [-0.2, -0.15) is 5.10 Å². The minimum atomic E-state index is 0.232. The van der Waals surface area contributed by atoms with Crippen LogP contribution in [0.2, 0.25) is 0 Å². The molecule has 196 valence electrons. The number of H-pyrrole nitrogens is 1. The van der Waals surface area contributed by atoms with Crippen LogP contribution in [0.3, 0.4) is 0 Å². The first-order valence-corrected chi connectivity index (χ1v) is 14.9. The zero-order chi connectivity index (χ0) is 25.8. The molecule has 6 rings (SSSR count). The van der Waals surface area contributed by atoms with Gasteiger partial charge in [-0.1, -0.05) is 13.8 Å². The van der Waals surface area contributed by atoms with Crippen LogP contribution in [-0.2, 0) is 4.79 Å². The molecule has 0 unspecified atom stereocenters. The topological polar surface area (TPSA) is 66.3 Å². The van der Waals surface area contributed by atoms with Gasteiger partial charge in [0.1, 0.15) is 11.2 Å². The van der Waals surface area contributed by atoms with Crippen molar-refractivity contribution in [3.63, 3.8) is 0 Å². The summed E-state index contributed by atoms with van der Waals surface area (Å²) in [6.07, 6.45) is 11.7. The highest BCUT2D eigenvalue weighted by molar-refractivity contribution is 7.19. The van der Waals surface area contributed by atoms with Gasteiger partial charge in [-0.25, -0.2) is 9.50 Å². The maximum absolute atomic E-state index is 13.1. The Morgan fingerprint density at radius 3 is 2.46 bits per heavy atom. The molecule has 0 spiro atoms. The van der Waals surface area contributed by atoms with Crippen LogP contribution in [0.4, 0.5) is 0 Å². The molecule has 1 aliphatic carbocycles. The number of carbonyl (C=O) groups excluding carboxylic acids is 1. The summed E-state index contributed by atoms with van der Waals surface area (Å²) in [5.41, 5.74) is 8.63. The molecular formula is C30H39N5OS. The molecule has 1 saturated carbocycles. The highest BCUT2D eigenvalue weighted by atomic mass is 32.1. The largest absolute Gasteiger partial charge is 0.346 e. The normalized spacial score (nSPS) is 21.0. The second-order valence-corrected chi connectivity index (χ2v) is 12.7. The summed E-state index contributed by atoms with van der Waals surface area (Å²) in [4.78, 5) is 26.3. The molecule has 7 heteroatoms. The lowest BCUT2D eigenvalue weighted by Crippen LogP contribution is -2.40. The number of aromatic amines is 1. The predicted molar refractivity (Wildman–Crippen MR) is 152 cm³/mol. The number of amides is 1. The van der Waals surface area contributed by atoms with Crippen LogP contribution in [0.5, 0.6) is 0 Å². The molecule has 0 aromatic carbocycles. The summed E-state index contributed by atoms with van der Waals surface area (Å²) in [5.74, 6) is 1.62. The van der Waals surface area contributed by atoms with Crippen LogP contribution in [-0.4, -0.2) is 43.5 Å². The van der Waals surface area contributed by atoms with Gasteiger partial charge in [0, 0.05) is 41.0 Å². The Balaban J connectivity index is 1.31. The van der Waals surface area contributed by atoms with Gasteiger partial charge in [-0.3, -0.25) is 4.79 Å². The third kappa shape index (κ3) is 4.10. The Bertz CT molecular complexity index is 1460. The van der Waals surface area contributed by atoms with E-state index in [1.54, 1.807) is 6.33 Å². The molecule has 1 amide bonds. The van der Waals surface area contributed by atoms with Crippen molar-refractivity contribution in [3.05, 3.63) is 39.7 Å². The molecule has 6 nitrogen and oxygen atoms in total. The first-order valence-electron chi connectivity index (χ1n) is 14.1. The van der Waals surface area contributed by atoms with E-state index in [2.05, 4.69) is 60.8 Å². The maximum atomic E-state index is 13.1. The van der Waals surface area contributed by atoms with Crippen LogP contribution in [0.25, 0.3) is 27.1 Å². The lowest BCUT2D eigenvalue weighted by atomic mass is 9.79. The number of carbonyl (C=O) groups is 1. The lowest BCUT2D eigenvalue weighted by molar-refractivity contribution is -0.137. The number of nitrogens with one attached hydrogen (secondary N) is 1. The zero-order valence-corrected chi connectivity index (χ0v) is 23.7. The van der Waals surface area contributed by atoms with Crippen LogP contribution < -0.4 is 0 Å². The number of piperidine rings is 1. The highest BCUT2D eigenvalue weighted by Crippen LogP contribution is 2.48. The molecule has 37 heavy (non-hydrogen) atoms. The Morgan fingerprint density at radius 2 is 1.76 bits per heavy atom. The Morgan fingerprint density at radius 1 is 1.03 bits per heavy atom. The fourth-order valence-electron chi connectivity index (χ4n) is 6.86. The smallest absolute Gasteiger partial charge is 0.225 e. The van der Waals surface area contributed by atoms with E-state index in [0.29, 0.717) is 17.7 Å². The van der Waals surface area contributed by atoms with Crippen molar-refractivity contribution in [2.45, 2.75) is 91.4 Å². The number of fused-ring (bicyclic) bond motifs is 2. The van der Waals surface area contributed by atoms with Gasteiger partial charge >= 0.3 is 0 Å². The van der Waals surface area contributed by atoms with Gasteiger partial charge in [0.25, 0.3) is 0 Å². The van der Waals surface area contributed by atoms with E-state index < -0.39 is 0 Å². The second-order valence-electron chi connectivity index (χ2n) is 11.6. The molecule has 1 N–H and O–H groups in total. The zero-order valence-electron chi connectivity index (χ0n) is 22.9. The molecule has 0 atom stereocenters. The number of rotatable bonds is 4. The summed E-state index contributed by atoms with van der Waals surface area (Å²) in [6, 6.07) is 0. The monoisotopic (exact) mass is 517 g/mol. The summed E-state index contributed by atoms with van der Waals surface area (Å²) in [5, 5.41) is 5.84. The predicted octanol–water partition coefficient (Wildman–Crippen LogP) is 7.27. The number of hydrogen-bond acceptors (Lipinski definition) is 4. The number of thiophene rings is 1. The van der Waals surface area contributed by atoms with Crippen LogP contribution >= 0.6 is 11.3 Å². The third-order valence-corrected chi connectivity index (χ3v) is 10.4. The van der Waals surface area contributed by atoms with E-state index in [1.165, 1.54) is 67.9 Å².